The van der Waals surface area contributed by atoms with Crippen molar-refractivity contribution in [3.63, 3.8) is 0 Å². The number of carbonyl (C=O) groups is 1. The van der Waals surface area contributed by atoms with E-state index in [1.165, 1.54) is 0 Å². The predicted molar refractivity (Wildman–Crippen MR) is 109 cm³/mol. The Balaban J connectivity index is 1.62. The molecule has 7 nitrogen and oxygen atoms in total. The smallest absolute Gasteiger partial charge is 0.273 e. The van der Waals surface area contributed by atoms with Gasteiger partial charge < -0.3 is 10.3 Å². The highest BCUT2D eigenvalue weighted by Crippen LogP contribution is 2.34. The molecule has 0 aliphatic carbocycles. The van der Waals surface area contributed by atoms with E-state index in [4.69, 9.17) is 0 Å². The summed E-state index contributed by atoms with van der Waals surface area (Å²) in [6, 6.07) is 14.0. The van der Waals surface area contributed by atoms with Crippen molar-refractivity contribution in [3.05, 3.63) is 66.7 Å². The number of hydrogen-bond donors (Lipinski definition) is 3. The molecule has 1 amide bonds. The highest BCUT2D eigenvalue weighted by atomic mass is 16.2. The molecule has 0 aliphatic heterocycles. The van der Waals surface area contributed by atoms with Crippen molar-refractivity contribution in [2.75, 3.05) is 5.32 Å². The van der Waals surface area contributed by atoms with Crippen molar-refractivity contribution in [2.24, 2.45) is 0 Å². The van der Waals surface area contributed by atoms with Crippen molar-refractivity contribution in [2.45, 2.75) is 13.5 Å². The maximum absolute atomic E-state index is 12.8. The summed E-state index contributed by atoms with van der Waals surface area (Å²) in [7, 11) is 0. The van der Waals surface area contributed by atoms with E-state index in [1.807, 2.05) is 31.3 Å². The molecule has 0 fully saturated rings. The molecule has 0 radical (unpaired) electrons. The zero-order chi connectivity index (χ0) is 19.1. The third kappa shape index (κ3) is 2.56. The van der Waals surface area contributed by atoms with Crippen molar-refractivity contribution >= 4 is 33.4 Å². The Hall–Kier alpha value is -3.87. The number of aryl methyl sites for hydroxylation is 1. The summed E-state index contributed by atoms with van der Waals surface area (Å²) in [6.45, 7) is 2.59. The van der Waals surface area contributed by atoms with Crippen LogP contribution < -0.4 is 5.32 Å². The SMILES string of the molecule is CCn1nccc1C(=O)Nc1cc(-c2cccc3[nH]ccc23)cc2[nH]ncc12. The average Bonchev–Trinajstić information content (AvgIpc) is 3.46. The van der Waals surface area contributed by atoms with E-state index in [-0.39, 0.29) is 5.91 Å². The fraction of sp³-hybridized carbons (Fsp3) is 0.0952. The number of hydrogen-bond acceptors (Lipinski definition) is 3. The minimum atomic E-state index is -0.196. The molecule has 138 valence electrons. The van der Waals surface area contributed by atoms with Crippen LogP contribution in [0.15, 0.2) is 61.1 Å². The first-order chi connectivity index (χ1) is 13.7. The van der Waals surface area contributed by atoms with Crippen molar-refractivity contribution in [3.8, 4) is 11.1 Å². The summed E-state index contributed by atoms with van der Waals surface area (Å²) in [5.74, 6) is -0.196. The van der Waals surface area contributed by atoms with Gasteiger partial charge in [0, 0.05) is 35.2 Å². The van der Waals surface area contributed by atoms with E-state index in [9.17, 15) is 4.79 Å². The summed E-state index contributed by atoms with van der Waals surface area (Å²) < 4.78 is 1.67. The van der Waals surface area contributed by atoms with Crippen molar-refractivity contribution in [1.82, 2.24) is 25.0 Å². The quantitative estimate of drug-likeness (QED) is 0.443. The van der Waals surface area contributed by atoms with Crippen LogP contribution in [0, 0.1) is 0 Å². The Morgan fingerprint density at radius 2 is 2.07 bits per heavy atom. The van der Waals surface area contributed by atoms with Crippen LogP contribution in [0.1, 0.15) is 17.4 Å². The minimum Gasteiger partial charge on any atom is -0.361 e. The first-order valence-corrected chi connectivity index (χ1v) is 9.11. The fourth-order valence-electron chi connectivity index (χ4n) is 3.61. The van der Waals surface area contributed by atoms with Crippen molar-refractivity contribution < 1.29 is 4.79 Å². The number of aromatic amines is 2. The van der Waals surface area contributed by atoms with E-state index >= 15 is 0 Å². The molecule has 3 heterocycles. The van der Waals surface area contributed by atoms with E-state index in [2.05, 4.69) is 43.8 Å². The molecule has 7 heteroatoms. The lowest BCUT2D eigenvalue weighted by Gasteiger charge is -2.11. The summed E-state index contributed by atoms with van der Waals surface area (Å²) in [5, 5.41) is 16.4. The van der Waals surface area contributed by atoms with Crippen LogP contribution in [0.5, 0.6) is 0 Å². The van der Waals surface area contributed by atoms with E-state index in [1.54, 1.807) is 23.1 Å². The number of anilines is 1. The van der Waals surface area contributed by atoms with Crippen LogP contribution >= 0.6 is 0 Å². The second-order valence-electron chi connectivity index (χ2n) is 6.59. The summed E-state index contributed by atoms with van der Waals surface area (Å²) in [6.07, 6.45) is 5.29. The van der Waals surface area contributed by atoms with Gasteiger partial charge in [-0.25, -0.2) is 0 Å². The number of carbonyl (C=O) groups excluding carboxylic acids is 1. The number of nitrogens with zero attached hydrogens (tertiary/aromatic N) is 3. The van der Waals surface area contributed by atoms with Crippen LogP contribution in [0.4, 0.5) is 5.69 Å². The second kappa shape index (κ2) is 6.38. The largest absolute Gasteiger partial charge is 0.361 e. The number of nitrogens with one attached hydrogen (secondary N) is 3. The Morgan fingerprint density at radius 1 is 1.14 bits per heavy atom. The number of H-pyrrole nitrogens is 2. The number of fused-ring (bicyclic) bond motifs is 2. The molecule has 0 aliphatic rings. The Labute approximate surface area is 160 Å². The van der Waals surface area contributed by atoms with Gasteiger partial charge in [0.2, 0.25) is 0 Å². The zero-order valence-electron chi connectivity index (χ0n) is 15.2. The third-order valence-corrected chi connectivity index (χ3v) is 4.96. The molecular formula is C21H18N6O. The van der Waals surface area contributed by atoms with Gasteiger partial charge in [-0.1, -0.05) is 12.1 Å². The molecule has 0 bridgehead atoms. The van der Waals surface area contributed by atoms with Crippen LogP contribution in [0.2, 0.25) is 0 Å². The van der Waals surface area contributed by atoms with E-state index < -0.39 is 0 Å². The Kier molecular flexibility index (Phi) is 3.72. The zero-order valence-corrected chi connectivity index (χ0v) is 15.2. The van der Waals surface area contributed by atoms with E-state index in [0.717, 1.165) is 32.9 Å². The fourth-order valence-corrected chi connectivity index (χ4v) is 3.61. The lowest BCUT2D eigenvalue weighted by atomic mass is 9.99. The van der Waals surface area contributed by atoms with Gasteiger partial charge in [0.25, 0.3) is 5.91 Å². The predicted octanol–water partition coefficient (Wildman–Crippen LogP) is 4.18. The van der Waals surface area contributed by atoms with Crippen LogP contribution in [0.25, 0.3) is 32.9 Å². The van der Waals surface area contributed by atoms with Crippen LogP contribution in [-0.4, -0.2) is 30.9 Å². The van der Waals surface area contributed by atoms with Crippen LogP contribution in [0.3, 0.4) is 0 Å². The molecular weight excluding hydrogens is 352 g/mol. The molecule has 0 spiro atoms. The van der Waals surface area contributed by atoms with Gasteiger partial charge in [0.05, 0.1) is 17.4 Å². The standard InChI is InChI=1S/C21H18N6O/c1-2-27-20(7-9-24-27)21(28)25-18-10-13(11-19-16(18)12-23-26-19)14-4-3-5-17-15(14)6-8-22-17/h3-12,22H,2H2,1H3,(H,23,26)(H,25,28). The van der Waals surface area contributed by atoms with Gasteiger partial charge >= 0.3 is 0 Å². The molecule has 28 heavy (non-hydrogen) atoms. The van der Waals surface area contributed by atoms with Gasteiger partial charge in [-0.15, -0.1) is 0 Å². The number of amides is 1. The molecule has 0 unspecified atom stereocenters. The molecule has 2 aromatic carbocycles. The summed E-state index contributed by atoms with van der Waals surface area (Å²) >= 11 is 0. The highest BCUT2D eigenvalue weighted by Gasteiger charge is 2.15. The van der Waals surface area contributed by atoms with Gasteiger partial charge in [0.1, 0.15) is 5.69 Å². The average molecular weight is 370 g/mol. The summed E-state index contributed by atoms with van der Waals surface area (Å²) in [5.41, 5.74) is 5.26. The van der Waals surface area contributed by atoms with E-state index in [0.29, 0.717) is 17.9 Å². The molecule has 3 N–H and O–H groups in total. The maximum atomic E-state index is 12.8. The molecule has 0 atom stereocenters. The van der Waals surface area contributed by atoms with Crippen LogP contribution in [-0.2, 0) is 6.54 Å². The normalized spacial score (nSPS) is 11.3. The Morgan fingerprint density at radius 3 is 2.96 bits per heavy atom. The third-order valence-electron chi connectivity index (χ3n) is 4.96. The second-order valence-corrected chi connectivity index (χ2v) is 6.59. The van der Waals surface area contributed by atoms with Gasteiger partial charge in [-0.3, -0.25) is 14.6 Å². The molecule has 0 saturated carbocycles. The van der Waals surface area contributed by atoms with Crippen molar-refractivity contribution in [1.29, 1.82) is 0 Å². The first kappa shape index (κ1) is 16.3. The molecule has 0 saturated heterocycles. The molecule has 5 rings (SSSR count). The first-order valence-electron chi connectivity index (χ1n) is 9.11. The lowest BCUT2D eigenvalue weighted by Crippen LogP contribution is -2.17. The van der Waals surface area contributed by atoms with Gasteiger partial charge in [0.15, 0.2) is 0 Å². The number of aromatic nitrogens is 5. The lowest BCUT2D eigenvalue weighted by molar-refractivity contribution is 0.101. The van der Waals surface area contributed by atoms with Gasteiger partial charge in [-0.2, -0.15) is 10.2 Å². The molecule has 5 aromatic rings. The number of rotatable bonds is 4. The summed E-state index contributed by atoms with van der Waals surface area (Å²) in [4.78, 5) is 16.1. The highest BCUT2D eigenvalue weighted by molar-refractivity contribution is 6.09. The molecule has 3 aromatic heterocycles. The Bertz CT molecular complexity index is 1310. The van der Waals surface area contributed by atoms with Gasteiger partial charge in [-0.05, 0) is 48.4 Å². The topological polar surface area (TPSA) is 91.4 Å². The monoisotopic (exact) mass is 370 g/mol. The minimum absolute atomic E-state index is 0.196. The maximum Gasteiger partial charge on any atom is 0.273 e. The number of benzene rings is 2.